The summed E-state index contributed by atoms with van der Waals surface area (Å²) in [5.41, 5.74) is 1.06. The van der Waals surface area contributed by atoms with Crippen LogP contribution < -0.4 is 10.1 Å². The average Bonchev–Trinajstić information content (AvgIpc) is 3.02. The number of hydrogen-bond donors (Lipinski definition) is 1. The largest absolute Gasteiger partial charge is 0.497 e. The molecule has 0 aliphatic rings. The lowest BCUT2D eigenvalue weighted by molar-refractivity contribution is 0.102. The molecule has 2 aromatic carbocycles. The summed E-state index contributed by atoms with van der Waals surface area (Å²) in [6.45, 7) is 0. The van der Waals surface area contributed by atoms with Gasteiger partial charge in [-0.1, -0.05) is 28.8 Å². The van der Waals surface area contributed by atoms with Crippen LogP contribution in [0.1, 0.15) is 21.8 Å². The fourth-order valence-electron chi connectivity index (χ4n) is 2.13. The van der Waals surface area contributed by atoms with Gasteiger partial charge in [-0.3, -0.25) is 10.1 Å². The van der Waals surface area contributed by atoms with Crippen molar-refractivity contribution in [3.63, 3.8) is 0 Å². The molecule has 0 radical (unpaired) electrons. The third-order valence-electron chi connectivity index (χ3n) is 3.38. The maximum absolute atomic E-state index is 13.0. The highest BCUT2D eigenvalue weighted by atomic mass is 35.5. The Balaban J connectivity index is 1.67. The van der Waals surface area contributed by atoms with Crippen molar-refractivity contribution in [2.75, 3.05) is 12.4 Å². The average molecular weight is 362 g/mol. The number of halogens is 2. The Labute approximate surface area is 147 Å². The molecule has 1 amide bonds. The normalized spacial score (nSPS) is 10.5. The Morgan fingerprint density at radius 2 is 2.00 bits per heavy atom. The third kappa shape index (κ3) is 4.13. The molecule has 25 heavy (non-hydrogen) atoms. The lowest BCUT2D eigenvalue weighted by Gasteiger charge is -2.03. The number of carbonyl (C=O) groups is 1. The topological polar surface area (TPSA) is 77.3 Å². The first-order valence-electron chi connectivity index (χ1n) is 7.27. The van der Waals surface area contributed by atoms with E-state index in [2.05, 4.69) is 15.5 Å². The second kappa shape index (κ2) is 7.31. The van der Waals surface area contributed by atoms with Crippen molar-refractivity contribution in [3.8, 4) is 5.75 Å². The van der Waals surface area contributed by atoms with Crippen LogP contribution in [0, 0.1) is 5.82 Å². The minimum atomic E-state index is -0.565. The number of ether oxygens (including phenoxy) is 1. The van der Waals surface area contributed by atoms with E-state index in [1.54, 1.807) is 7.11 Å². The first-order valence-corrected chi connectivity index (χ1v) is 7.64. The highest BCUT2D eigenvalue weighted by molar-refractivity contribution is 6.34. The quantitative estimate of drug-likeness (QED) is 0.749. The van der Waals surface area contributed by atoms with E-state index in [4.69, 9.17) is 20.8 Å². The number of carbonyl (C=O) groups excluding carboxylic acids is 1. The molecule has 1 aromatic heterocycles. The molecule has 8 heteroatoms. The molecule has 1 N–H and O–H groups in total. The summed E-state index contributed by atoms with van der Waals surface area (Å²) in [6.07, 6.45) is 0.407. The van der Waals surface area contributed by atoms with Crippen molar-refractivity contribution < 1.29 is 18.3 Å². The molecular formula is C17H13ClFN3O3. The molecule has 1 heterocycles. The molecule has 0 saturated carbocycles. The predicted octanol–water partition coefficient (Wildman–Crippen LogP) is 3.71. The van der Waals surface area contributed by atoms with Gasteiger partial charge in [-0.25, -0.2) is 4.39 Å². The molecule has 0 fully saturated rings. The maximum atomic E-state index is 13.0. The van der Waals surface area contributed by atoms with Crippen molar-refractivity contribution in [1.29, 1.82) is 0 Å². The van der Waals surface area contributed by atoms with Crippen LogP contribution in [0.25, 0.3) is 0 Å². The number of nitrogens with zero attached hydrogens (tertiary/aromatic N) is 2. The Hall–Kier alpha value is -2.93. The molecule has 3 aromatic rings. The van der Waals surface area contributed by atoms with Crippen LogP contribution in [0.5, 0.6) is 5.75 Å². The summed E-state index contributed by atoms with van der Waals surface area (Å²) < 4.78 is 23.5. The van der Waals surface area contributed by atoms with Gasteiger partial charge in [0.15, 0.2) is 0 Å². The number of anilines is 1. The molecule has 0 aliphatic carbocycles. The van der Waals surface area contributed by atoms with Crippen LogP contribution >= 0.6 is 11.6 Å². The molecule has 128 valence electrons. The Morgan fingerprint density at radius 1 is 1.24 bits per heavy atom. The molecular weight excluding hydrogens is 349 g/mol. The zero-order chi connectivity index (χ0) is 17.8. The van der Waals surface area contributed by atoms with Gasteiger partial charge in [0.05, 0.1) is 24.1 Å². The number of nitrogens with one attached hydrogen (secondary N) is 1. The summed E-state index contributed by atoms with van der Waals surface area (Å²) >= 11 is 5.85. The van der Waals surface area contributed by atoms with Crippen molar-refractivity contribution >= 4 is 23.5 Å². The maximum Gasteiger partial charge on any atom is 0.322 e. The number of benzene rings is 2. The molecule has 0 spiro atoms. The predicted molar refractivity (Wildman–Crippen MR) is 89.5 cm³/mol. The van der Waals surface area contributed by atoms with E-state index in [0.29, 0.717) is 12.3 Å². The van der Waals surface area contributed by atoms with E-state index < -0.39 is 11.7 Å². The fourth-order valence-corrected chi connectivity index (χ4v) is 2.38. The minimum absolute atomic E-state index is 0.00419. The smallest absolute Gasteiger partial charge is 0.322 e. The number of aromatic nitrogens is 2. The molecule has 0 atom stereocenters. The van der Waals surface area contributed by atoms with E-state index in [-0.39, 0.29) is 16.6 Å². The van der Waals surface area contributed by atoms with E-state index in [9.17, 15) is 9.18 Å². The van der Waals surface area contributed by atoms with Crippen LogP contribution in [0.2, 0.25) is 5.02 Å². The van der Waals surface area contributed by atoms with Gasteiger partial charge < -0.3 is 9.15 Å². The zero-order valence-corrected chi connectivity index (χ0v) is 13.9. The van der Waals surface area contributed by atoms with E-state index in [1.807, 2.05) is 24.3 Å². The third-order valence-corrected chi connectivity index (χ3v) is 3.69. The number of methoxy groups -OCH3 is 1. The van der Waals surface area contributed by atoms with Crippen LogP contribution in [-0.2, 0) is 6.42 Å². The van der Waals surface area contributed by atoms with Crippen molar-refractivity contribution in [2.24, 2.45) is 0 Å². The number of hydrogen-bond acceptors (Lipinski definition) is 5. The van der Waals surface area contributed by atoms with Crippen molar-refractivity contribution in [1.82, 2.24) is 10.2 Å². The van der Waals surface area contributed by atoms with Gasteiger partial charge in [-0.2, -0.15) is 0 Å². The molecule has 0 aliphatic heterocycles. The van der Waals surface area contributed by atoms with Gasteiger partial charge in [-0.15, -0.1) is 5.10 Å². The Bertz CT molecular complexity index is 896. The molecule has 3 rings (SSSR count). The minimum Gasteiger partial charge on any atom is -0.497 e. The molecule has 0 bridgehead atoms. The molecule has 0 unspecified atom stereocenters. The fraction of sp³-hybridized carbons (Fsp3) is 0.118. The molecule has 6 nitrogen and oxygen atoms in total. The summed E-state index contributed by atoms with van der Waals surface area (Å²) in [7, 11) is 1.59. The highest BCUT2D eigenvalue weighted by Crippen LogP contribution is 2.19. The van der Waals surface area contributed by atoms with Crippen LogP contribution in [0.4, 0.5) is 10.4 Å². The second-order valence-corrected chi connectivity index (χ2v) is 5.51. The monoisotopic (exact) mass is 361 g/mol. The second-order valence-electron chi connectivity index (χ2n) is 5.10. The first kappa shape index (κ1) is 16.9. The van der Waals surface area contributed by atoms with Gasteiger partial charge in [0, 0.05) is 0 Å². The van der Waals surface area contributed by atoms with Crippen LogP contribution in [-0.4, -0.2) is 23.2 Å². The van der Waals surface area contributed by atoms with Gasteiger partial charge in [0.1, 0.15) is 11.6 Å². The summed E-state index contributed by atoms with van der Waals surface area (Å²) in [5, 5.41) is 10.1. The van der Waals surface area contributed by atoms with Gasteiger partial charge in [-0.05, 0) is 35.9 Å². The number of amides is 1. The standard InChI is InChI=1S/C17H13ClFN3O3/c1-24-12-5-2-10(3-6-12)8-15-21-22-17(25-15)20-16(23)13-7-4-11(19)9-14(13)18/h2-7,9H,8H2,1H3,(H,20,22,23). The van der Waals surface area contributed by atoms with Gasteiger partial charge in [0.25, 0.3) is 5.91 Å². The lowest BCUT2D eigenvalue weighted by Crippen LogP contribution is -2.12. The van der Waals surface area contributed by atoms with E-state index in [1.165, 1.54) is 6.07 Å². The lowest BCUT2D eigenvalue weighted by atomic mass is 10.1. The van der Waals surface area contributed by atoms with Crippen molar-refractivity contribution in [3.05, 3.63) is 70.3 Å². The number of rotatable bonds is 5. The van der Waals surface area contributed by atoms with E-state index in [0.717, 1.165) is 23.4 Å². The SMILES string of the molecule is COc1ccc(Cc2nnc(NC(=O)c3ccc(F)cc3Cl)o2)cc1. The van der Waals surface area contributed by atoms with Gasteiger partial charge in [0.2, 0.25) is 5.89 Å². The summed E-state index contributed by atoms with van der Waals surface area (Å²) in [5.74, 6) is -0.00477. The molecule has 0 saturated heterocycles. The van der Waals surface area contributed by atoms with Crippen LogP contribution in [0.3, 0.4) is 0 Å². The summed E-state index contributed by atoms with van der Waals surface area (Å²) in [4.78, 5) is 12.1. The Morgan fingerprint density at radius 3 is 2.68 bits per heavy atom. The van der Waals surface area contributed by atoms with Crippen LogP contribution in [0.15, 0.2) is 46.9 Å². The van der Waals surface area contributed by atoms with Gasteiger partial charge >= 0.3 is 6.01 Å². The van der Waals surface area contributed by atoms with E-state index >= 15 is 0 Å². The Kier molecular flexibility index (Phi) is 4.95. The zero-order valence-electron chi connectivity index (χ0n) is 13.1. The van der Waals surface area contributed by atoms with Crippen molar-refractivity contribution in [2.45, 2.75) is 6.42 Å². The highest BCUT2D eigenvalue weighted by Gasteiger charge is 2.15. The first-order chi connectivity index (χ1) is 12.0. The summed E-state index contributed by atoms with van der Waals surface area (Å²) in [6, 6.07) is 10.8.